The monoisotopic (exact) mass is 277 g/mol. The molecule has 1 aromatic rings. The predicted octanol–water partition coefficient (Wildman–Crippen LogP) is 1.89. The number of benzene rings is 1. The van der Waals surface area contributed by atoms with Gasteiger partial charge in [-0.1, -0.05) is 29.8 Å². The van der Waals surface area contributed by atoms with Crippen molar-refractivity contribution in [3.63, 3.8) is 0 Å². The molecular weight excluding hydrogens is 258 g/mol. The van der Waals surface area contributed by atoms with Crippen molar-refractivity contribution in [2.45, 2.75) is 32.7 Å². The molecule has 0 aromatic heterocycles. The Morgan fingerprint density at radius 2 is 1.70 bits per heavy atom. The first-order valence-corrected chi connectivity index (χ1v) is 6.41. The van der Waals surface area contributed by atoms with E-state index in [-0.39, 0.29) is 24.5 Å². The van der Waals surface area contributed by atoms with E-state index >= 15 is 0 Å². The van der Waals surface area contributed by atoms with Gasteiger partial charge in [-0.3, -0.25) is 14.4 Å². The van der Waals surface area contributed by atoms with Crippen molar-refractivity contribution in [1.29, 1.82) is 0 Å². The minimum absolute atomic E-state index is 0.0999. The molecule has 0 aliphatic heterocycles. The van der Waals surface area contributed by atoms with E-state index in [9.17, 15) is 14.4 Å². The molecule has 0 aliphatic carbocycles. The maximum atomic E-state index is 12.2. The van der Waals surface area contributed by atoms with Crippen LogP contribution in [0.1, 0.15) is 35.7 Å². The molecule has 0 aliphatic rings. The first-order valence-electron chi connectivity index (χ1n) is 6.41. The summed E-state index contributed by atoms with van der Waals surface area (Å²) in [5.74, 6) is -1.53. The average molecular weight is 277 g/mol. The lowest BCUT2D eigenvalue weighted by atomic mass is 10.0. The fraction of sp³-hybridized carbons (Fsp3) is 0.400. The SMILES string of the molecule is Cc1ccc(C(=O)C(C)N(C)C(=O)CCC(=O)O)cc1. The Labute approximate surface area is 118 Å². The Morgan fingerprint density at radius 1 is 1.15 bits per heavy atom. The first kappa shape index (κ1) is 15.9. The molecule has 1 N–H and O–H groups in total. The highest BCUT2D eigenvalue weighted by Crippen LogP contribution is 2.11. The molecular formula is C15H19NO4. The van der Waals surface area contributed by atoms with Crippen molar-refractivity contribution in [2.24, 2.45) is 0 Å². The van der Waals surface area contributed by atoms with Gasteiger partial charge in [0, 0.05) is 19.0 Å². The highest BCUT2D eigenvalue weighted by Gasteiger charge is 2.23. The van der Waals surface area contributed by atoms with E-state index in [1.807, 2.05) is 19.1 Å². The van der Waals surface area contributed by atoms with Gasteiger partial charge in [0.2, 0.25) is 5.91 Å². The fourth-order valence-corrected chi connectivity index (χ4v) is 1.74. The van der Waals surface area contributed by atoms with Crippen LogP contribution in [0.15, 0.2) is 24.3 Å². The highest BCUT2D eigenvalue weighted by molar-refractivity contribution is 6.01. The summed E-state index contributed by atoms with van der Waals surface area (Å²) < 4.78 is 0. The van der Waals surface area contributed by atoms with Crippen molar-refractivity contribution < 1.29 is 19.5 Å². The summed E-state index contributed by atoms with van der Waals surface area (Å²) in [6.07, 6.45) is -0.327. The molecule has 1 amide bonds. The number of hydrogen-bond acceptors (Lipinski definition) is 3. The van der Waals surface area contributed by atoms with E-state index in [2.05, 4.69) is 0 Å². The lowest BCUT2D eigenvalue weighted by Crippen LogP contribution is -2.40. The zero-order valence-electron chi connectivity index (χ0n) is 11.9. The first-order chi connectivity index (χ1) is 9.32. The van der Waals surface area contributed by atoms with E-state index in [1.54, 1.807) is 19.1 Å². The van der Waals surface area contributed by atoms with Gasteiger partial charge in [-0.15, -0.1) is 0 Å². The molecule has 5 heteroatoms. The van der Waals surface area contributed by atoms with E-state index in [4.69, 9.17) is 5.11 Å². The van der Waals surface area contributed by atoms with Crippen LogP contribution in [0.5, 0.6) is 0 Å². The number of aryl methyl sites for hydroxylation is 1. The summed E-state index contributed by atoms with van der Waals surface area (Å²) in [5, 5.41) is 8.56. The van der Waals surface area contributed by atoms with Gasteiger partial charge in [0.05, 0.1) is 12.5 Å². The van der Waals surface area contributed by atoms with Crippen molar-refractivity contribution in [3.05, 3.63) is 35.4 Å². The Balaban J connectivity index is 2.70. The van der Waals surface area contributed by atoms with Crippen LogP contribution in [0.3, 0.4) is 0 Å². The summed E-state index contributed by atoms with van der Waals surface area (Å²) in [6.45, 7) is 3.57. The van der Waals surface area contributed by atoms with E-state index in [0.717, 1.165) is 5.56 Å². The van der Waals surface area contributed by atoms with Crippen molar-refractivity contribution in [3.8, 4) is 0 Å². The number of carbonyl (C=O) groups is 3. The number of hydrogen-bond donors (Lipinski definition) is 1. The molecule has 5 nitrogen and oxygen atoms in total. The van der Waals surface area contributed by atoms with Crippen LogP contribution in [0.4, 0.5) is 0 Å². The van der Waals surface area contributed by atoms with Gasteiger partial charge in [0.25, 0.3) is 0 Å². The summed E-state index contributed by atoms with van der Waals surface area (Å²) in [7, 11) is 1.51. The number of aliphatic carboxylic acids is 1. The largest absolute Gasteiger partial charge is 0.481 e. The molecule has 108 valence electrons. The lowest BCUT2D eigenvalue weighted by molar-refractivity contribution is -0.140. The van der Waals surface area contributed by atoms with Crippen LogP contribution in [0.25, 0.3) is 0 Å². The molecule has 1 aromatic carbocycles. The molecule has 1 atom stereocenters. The third kappa shape index (κ3) is 4.19. The lowest BCUT2D eigenvalue weighted by Gasteiger charge is -2.23. The Kier molecular flexibility index (Phi) is 5.43. The average Bonchev–Trinajstić information content (AvgIpc) is 2.43. The zero-order valence-corrected chi connectivity index (χ0v) is 11.9. The number of Topliss-reactive ketones (excluding diaryl/α,β-unsaturated/α-hetero) is 1. The Hall–Kier alpha value is -2.17. The van der Waals surface area contributed by atoms with Gasteiger partial charge in [0.1, 0.15) is 0 Å². The quantitative estimate of drug-likeness (QED) is 0.806. The van der Waals surface area contributed by atoms with Crippen molar-refractivity contribution >= 4 is 17.7 Å². The number of carboxylic acid groups (broad SMARTS) is 1. The molecule has 0 spiro atoms. The number of likely N-dealkylation sites (N-methyl/N-ethyl adjacent to an activating group) is 1. The van der Waals surface area contributed by atoms with Crippen LogP contribution in [0, 0.1) is 6.92 Å². The predicted molar refractivity (Wildman–Crippen MR) is 74.6 cm³/mol. The molecule has 0 bridgehead atoms. The number of ketones is 1. The summed E-state index contributed by atoms with van der Waals surface area (Å²) >= 11 is 0. The van der Waals surface area contributed by atoms with Crippen LogP contribution < -0.4 is 0 Å². The second-order valence-electron chi connectivity index (χ2n) is 4.80. The number of amides is 1. The summed E-state index contributed by atoms with van der Waals surface area (Å²) in [6, 6.07) is 6.52. The van der Waals surface area contributed by atoms with Gasteiger partial charge < -0.3 is 10.0 Å². The summed E-state index contributed by atoms with van der Waals surface area (Å²) in [4.78, 5) is 35.8. The molecule has 1 rings (SSSR count). The van der Waals surface area contributed by atoms with Gasteiger partial charge in [-0.2, -0.15) is 0 Å². The minimum atomic E-state index is -1.02. The van der Waals surface area contributed by atoms with Gasteiger partial charge in [0.15, 0.2) is 5.78 Å². The molecule has 0 saturated carbocycles. The fourth-order valence-electron chi connectivity index (χ4n) is 1.74. The number of nitrogens with zero attached hydrogens (tertiary/aromatic N) is 1. The maximum absolute atomic E-state index is 12.2. The normalized spacial score (nSPS) is 11.8. The Morgan fingerprint density at radius 3 is 2.20 bits per heavy atom. The van der Waals surface area contributed by atoms with Gasteiger partial charge >= 0.3 is 5.97 Å². The van der Waals surface area contributed by atoms with Crippen molar-refractivity contribution in [1.82, 2.24) is 4.90 Å². The number of carbonyl (C=O) groups excluding carboxylic acids is 2. The Bertz CT molecular complexity index is 507. The van der Waals surface area contributed by atoms with Gasteiger partial charge in [-0.25, -0.2) is 0 Å². The second kappa shape index (κ2) is 6.84. The third-order valence-corrected chi connectivity index (χ3v) is 3.24. The van der Waals surface area contributed by atoms with Crippen LogP contribution in [-0.4, -0.2) is 40.8 Å². The molecule has 20 heavy (non-hydrogen) atoms. The van der Waals surface area contributed by atoms with E-state index in [1.165, 1.54) is 11.9 Å². The maximum Gasteiger partial charge on any atom is 0.303 e. The molecule has 0 saturated heterocycles. The second-order valence-corrected chi connectivity index (χ2v) is 4.80. The van der Waals surface area contributed by atoms with Crippen LogP contribution in [0.2, 0.25) is 0 Å². The summed E-state index contributed by atoms with van der Waals surface area (Å²) in [5.41, 5.74) is 1.60. The third-order valence-electron chi connectivity index (χ3n) is 3.24. The molecule has 0 fully saturated rings. The van der Waals surface area contributed by atoms with Crippen LogP contribution in [-0.2, 0) is 9.59 Å². The smallest absolute Gasteiger partial charge is 0.303 e. The number of rotatable bonds is 6. The molecule has 0 radical (unpaired) electrons. The van der Waals surface area contributed by atoms with E-state index < -0.39 is 12.0 Å². The molecule has 1 unspecified atom stereocenters. The highest BCUT2D eigenvalue weighted by atomic mass is 16.4. The minimum Gasteiger partial charge on any atom is -0.481 e. The standard InChI is InChI=1S/C15H19NO4/c1-10-4-6-12(7-5-10)15(20)11(2)16(3)13(17)8-9-14(18)19/h4-7,11H,8-9H2,1-3H3,(H,18,19). The van der Waals surface area contributed by atoms with Gasteiger partial charge in [-0.05, 0) is 13.8 Å². The number of carboxylic acids is 1. The zero-order chi connectivity index (χ0) is 15.3. The topological polar surface area (TPSA) is 74.7 Å². The van der Waals surface area contributed by atoms with Crippen LogP contribution >= 0.6 is 0 Å². The van der Waals surface area contributed by atoms with E-state index in [0.29, 0.717) is 5.56 Å². The molecule has 0 heterocycles. The van der Waals surface area contributed by atoms with Crippen molar-refractivity contribution in [2.75, 3.05) is 7.05 Å².